The minimum Gasteiger partial charge on any atom is -0.481 e. The number of fused-ring (bicyclic) bond motifs is 1. The molecule has 14 atom stereocenters. The number of aromatic nitrogens is 6. The van der Waals surface area contributed by atoms with Crippen molar-refractivity contribution in [2.45, 2.75) is 208 Å². The molecule has 1 aliphatic heterocycles. The van der Waals surface area contributed by atoms with Crippen LogP contribution in [0.2, 0.25) is 0 Å². The number of aromatic amines is 3. The molecular weight excluding hydrogens is 2050 g/mol. The fraction of sp³-hybridized carbons (Fsp3) is 0.427. The van der Waals surface area contributed by atoms with Gasteiger partial charge in [0.25, 0.3) is 0 Å². The van der Waals surface area contributed by atoms with E-state index in [0.717, 1.165) is 13.3 Å². The SMILES string of the molecule is CC(C)[C@H](NC(=O)[C@H](CCC(=O)O)NC(=O)[C@H](Cc1ccc(O/C(=C/I2OC(=O)c3ccccc32)CCN=[N+]=[N-])cc1)NC(=O)CNC(=O)[C@H](CO)NC(=O)[C@H](CC(=O)O)NC(=O)[C@H](Cc1c[nH]cn1)NC(=O)[C@H](CCCNC(=N)N)NC(=O)[C@H](Cc1ccccc1)NC(=O)[C@H](CCC(=O)O)NC(=O)[C@H](C)NC(=O)[C@@H](N)CC(=O)O)C(=O)N[C@@H](Cc1c[nH]cn1)C(=O)N[C@@H](Cc1c[nH]cn1)C(=O)N[C@@H](CCC(N)=O)C(=O)O. The Morgan fingerprint density at radius 3 is 1.39 bits per heavy atom. The number of aliphatic hydroxyl groups is 1. The maximum atomic E-state index is 15.0. The first-order valence-electron chi connectivity index (χ1n) is 45.4. The molecule has 3 aromatic heterocycles. The van der Waals surface area contributed by atoms with Gasteiger partial charge in [-0.15, -0.1) is 0 Å². The van der Waals surface area contributed by atoms with Crippen LogP contribution in [0.3, 0.4) is 0 Å². The Bertz CT molecular complexity index is 5730. The van der Waals surface area contributed by atoms with Crippen molar-refractivity contribution in [2.24, 2.45) is 28.2 Å². The number of azide groups is 1. The summed E-state index contributed by atoms with van der Waals surface area (Å²) in [4.78, 5) is 308. The smallest absolute Gasteiger partial charge is 0.481 e. The van der Waals surface area contributed by atoms with Crippen molar-refractivity contribution in [1.29, 1.82) is 5.41 Å². The Morgan fingerprint density at radius 1 is 0.476 bits per heavy atom. The summed E-state index contributed by atoms with van der Waals surface area (Å²) in [5.74, 6) is -27.1. The minimum atomic E-state index is -2.89. The molecule has 0 spiro atoms. The zero-order valence-electron chi connectivity index (χ0n) is 79.2. The summed E-state index contributed by atoms with van der Waals surface area (Å²) in [6, 6.07) is -4.89. The third kappa shape index (κ3) is 40.3. The summed E-state index contributed by atoms with van der Waals surface area (Å²) < 4.78 is 14.3. The maximum absolute atomic E-state index is 15.0. The van der Waals surface area contributed by atoms with E-state index in [1.807, 2.05) is 0 Å². The van der Waals surface area contributed by atoms with Gasteiger partial charge in [-0.1, -0.05) is 44.2 Å². The van der Waals surface area contributed by atoms with Crippen LogP contribution in [0.4, 0.5) is 0 Å². The first kappa shape index (κ1) is 117. The van der Waals surface area contributed by atoms with E-state index < -0.39 is 325 Å². The molecule has 15 amide bonds. The number of aliphatic hydroxyl groups excluding tert-OH is 1. The van der Waals surface area contributed by atoms with Gasteiger partial charge in [0, 0.05) is 70.1 Å². The van der Waals surface area contributed by atoms with Gasteiger partial charge >= 0.3 is 233 Å². The van der Waals surface area contributed by atoms with Gasteiger partial charge in [-0.05, 0) is 50.5 Å². The number of ether oxygens (including phenoxy) is 1. The number of nitrogens with two attached hydrogens (primary N) is 3. The third-order valence-corrected chi connectivity index (χ3v) is 25.8. The number of H-pyrrole nitrogens is 3. The molecule has 7 rings (SSSR count). The van der Waals surface area contributed by atoms with Gasteiger partial charge in [0.2, 0.25) is 76.8 Å². The normalized spacial score (nSPS) is 14.5. The Balaban J connectivity index is 1.13. The van der Waals surface area contributed by atoms with Crippen LogP contribution in [0.1, 0.15) is 130 Å². The number of nitrogens with zero attached hydrogens (tertiary/aromatic N) is 6. The zero-order valence-corrected chi connectivity index (χ0v) is 81.4. The van der Waals surface area contributed by atoms with Gasteiger partial charge in [0.15, 0.2) is 5.96 Å². The number of guanidine groups is 1. The number of carboxylic acids is 5. The molecule has 0 fully saturated rings. The molecule has 1 aliphatic rings. The van der Waals surface area contributed by atoms with Gasteiger partial charge in [-0.3, -0.25) is 86.9 Å². The molecule has 792 valence electrons. The summed E-state index contributed by atoms with van der Waals surface area (Å²) in [6.07, 6.45) is -1.09. The molecule has 0 saturated heterocycles. The Hall–Kier alpha value is -17.1. The molecule has 4 heterocycles. The van der Waals surface area contributed by atoms with E-state index in [4.69, 9.17) is 41.1 Å². The molecule has 6 aromatic rings. The van der Waals surface area contributed by atoms with E-state index in [1.54, 1.807) is 58.7 Å². The van der Waals surface area contributed by atoms with Crippen LogP contribution in [0.25, 0.3) is 10.4 Å². The molecular formula is C89H115IN28O29. The van der Waals surface area contributed by atoms with Gasteiger partial charge in [-0.25, -0.2) is 19.7 Å². The average molecular weight is 2170 g/mol. The van der Waals surface area contributed by atoms with Crippen LogP contribution < -0.4 is 102 Å². The summed E-state index contributed by atoms with van der Waals surface area (Å²) in [5.41, 5.74) is 26.9. The second kappa shape index (κ2) is 59.1. The second-order valence-electron chi connectivity index (χ2n) is 33.4. The Labute approximate surface area is 842 Å². The van der Waals surface area contributed by atoms with Crippen LogP contribution in [0.5, 0.6) is 5.75 Å². The molecule has 0 aliphatic carbocycles. The molecule has 0 unspecified atom stereocenters. The number of carbonyl (C=O) groups is 21. The first-order valence-corrected chi connectivity index (χ1v) is 48.6. The quantitative estimate of drug-likeness (QED) is 0.00247. The van der Waals surface area contributed by atoms with E-state index in [2.05, 4.69) is 120 Å². The molecule has 58 heteroatoms. The first-order chi connectivity index (χ1) is 69.9. The van der Waals surface area contributed by atoms with E-state index in [-0.39, 0.29) is 79.3 Å². The number of primary amides is 1. The van der Waals surface area contributed by atoms with Crippen molar-refractivity contribution in [3.8, 4) is 5.75 Å². The summed E-state index contributed by atoms with van der Waals surface area (Å²) in [5, 5.41) is 106. The summed E-state index contributed by atoms with van der Waals surface area (Å²) >= 11 is -2.89. The van der Waals surface area contributed by atoms with Gasteiger partial charge in [0.05, 0.1) is 61.6 Å². The van der Waals surface area contributed by atoms with Crippen molar-refractivity contribution in [1.82, 2.24) is 110 Å². The van der Waals surface area contributed by atoms with Gasteiger partial charge in [-0.2, -0.15) is 0 Å². The standard InChI is InChI=1S/C89H115IN28O29/c1-44(2)73(86(142)115-64(32-50-38-98-43-103-50)84(140)113-62(30-48-36-96-41-101-48)82(138)110-59(87(143)144)19-22-67(92)120)117-79(135)58(21-24-70(124)125)109-80(136)60(29-47-15-17-51(18-16-47)146-52(25-27-104-118-95)35-90-54-13-8-7-12-53(54)88(145)147-90)106-68(121)39-100-76(132)66(40-119)116-85(141)65(34-72(128)129)114-83(139)63(31-49-37-97-42-102-49)112-77(133)56(14-9-26-99-89(93)94)108-81(137)61(28-46-10-5-4-6-11-46)111-78(134)57(20-23-69(122)123)107-74(130)45(3)105-75(131)55(91)33-71(126)127/h4-8,10-13,15-18,35-38,41-45,55-66,73,119H,9,14,19-34,39-40,91H2,1-3H3,(H2,92,120)(H,96,101)(H,97,102)(H,98,103)(H,100,132)(H,105,131)(H,106,121)(H,107,130)(H,108,137)(H,109,136)(H,110,138)(H,111,134)(H,112,133)(H,113,140)(H,114,139)(H,115,142)(H,116,141)(H,117,135)(H,122,123)(H,124,125)(H,126,127)(H,128,129)(H,143,144)(H4,93,94,99)/b52-35+/t45-,55-,56-,57-,58-,59-,60-,61-,62-,63-,64-,65-,66-,73-/m0/s1. The van der Waals surface area contributed by atoms with Crippen molar-refractivity contribution in [3.63, 3.8) is 0 Å². The zero-order chi connectivity index (χ0) is 108. The van der Waals surface area contributed by atoms with E-state index in [9.17, 15) is 121 Å². The number of hydrogen-bond acceptors (Lipinski definition) is 30. The number of halogens is 1. The van der Waals surface area contributed by atoms with E-state index >= 15 is 4.79 Å². The van der Waals surface area contributed by atoms with Crippen molar-refractivity contribution in [3.05, 3.63) is 174 Å². The molecule has 147 heavy (non-hydrogen) atoms. The predicted octanol–water partition coefficient (Wildman–Crippen LogP) is -5.54. The monoisotopic (exact) mass is 2170 g/mol. The van der Waals surface area contributed by atoms with Gasteiger partial charge in [0.1, 0.15) is 66.5 Å². The molecule has 0 saturated carbocycles. The molecule has 3 aromatic carbocycles. The number of benzene rings is 3. The van der Waals surface area contributed by atoms with Crippen LogP contribution >= 0.6 is 20.2 Å². The number of nitrogens with one attached hydrogen (secondary N) is 19. The van der Waals surface area contributed by atoms with Crippen molar-refractivity contribution in [2.75, 3.05) is 26.2 Å². The van der Waals surface area contributed by atoms with Gasteiger partial charge < -0.3 is 132 Å². The topological polar surface area (TPSA) is 915 Å². The molecule has 0 bridgehead atoms. The number of imidazole rings is 3. The van der Waals surface area contributed by atoms with E-state index in [0.29, 0.717) is 14.7 Å². The summed E-state index contributed by atoms with van der Waals surface area (Å²) in [6.45, 7) is 1.32. The van der Waals surface area contributed by atoms with Crippen LogP contribution in [0.15, 0.2) is 131 Å². The predicted molar refractivity (Wildman–Crippen MR) is 516 cm³/mol. The number of rotatable bonds is 64. The number of aliphatic carboxylic acids is 5. The summed E-state index contributed by atoms with van der Waals surface area (Å²) in [7, 11) is 0. The van der Waals surface area contributed by atoms with E-state index in [1.165, 1.54) is 69.4 Å². The fourth-order valence-electron chi connectivity index (χ4n) is 14.0. The molecule has 57 nitrogen and oxygen atoms in total. The third-order valence-electron chi connectivity index (χ3n) is 21.6. The Morgan fingerprint density at radius 2 is 0.912 bits per heavy atom. The number of carbonyl (C=O) groups excluding carboxylic acids is 16. The average Bonchev–Trinajstić information content (AvgIpc) is 1.66. The minimum absolute atomic E-state index is 0.00935. The fourth-order valence-corrected chi connectivity index (χ4v) is 18.0. The molecule has 31 N–H and O–H groups in total. The number of hydrogen-bond donors (Lipinski definition) is 28. The second-order valence-corrected chi connectivity index (χ2v) is 37.2. The molecule has 0 radical (unpaired) electrons. The Kier molecular flexibility index (Phi) is 47.0. The van der Waals surface area contributed by atoms with Crippen LogP contribution in [-0.2, 0) is 131 Å². The number of amides is 15. The van der Waals surface area contributed by atoms with Crippen molar-refractivity contribution < 1.29 is 139 Å². The van der Waals surface area contributed by atoms with Crippen LogP contribution in [0, 0.1) is 14.9 Å². The van der Waals surface area contributed by atoms with Crippen molar-refractivity contribution >= 4 is 151 Å². The van der Waals surface area contributed by atoms with Crippen LogP contribution in [-0.4, -0.2) is 302 Å². The number of carboxylic acid groups (broad SMARTS) is 5.